The van der Waals surface area contributed by atoms with Crippen LogP contribution in [-0.2, 0) is 11.3 Å². The predicted octanol–water partition coefficient (Wildman–Crippen LogP) is 5.80. The van der Waals surface area contributed by atoms with Crippen LogP contribution in [-0.4, -0.2) is 31.5 Å². The zero-order valence-electron chi connectivity index (χ0n) is 19.3. The number of rotatable bonds is 4. The normalized spacial score (nSPS) is 16.5. The maximum absolute atomic E-state index is 13.4. The third-order valence-electron chi connectivity index (χ3n) is 6.22. The Kier molecular flexibility index (Phi) is 5.38. The summed E-state index contributed by atoms with van der Waals surface area (Å²) in [5.74, 6) is -0.740. The van der Waals surface area contributed by atoms with Gasteiger partial charge in [0.25, 0.3) is 5.91 Å². The Hall–Kier alpha value is -4.30. The lowest BCUT2D eigenvalue weighted by atomic mass is 10.1. The quantitative estimate of drug-likeness (QED) is 0.365. The van der Waals surface area contributed by atoms with Crippen LogP contribution in [0.3, 0.4) is 0 Å². The fourth-order valence-corrected chi connectivity index (χ4v) is 5.36. The summed E-state index contributed by atoms with van der Waals surface area (Å²) in [6.45, 7) is 2.55. The average Bonchev–Trinajstić information content (AvgIpc) is 3.45. The molecule has 1 amide bonds. The summed E-state index contributed by atoms with van der Waals surface area (Å²) in [7, 11) is 0. The van der Waals surface area contributed by atoms with E-state index in [-0.39, 0.29) is 17.2 Å². The molecule has 0 radical (unpaired) electrons. The van der Waals surface area contributed by atoms with Gasteiger partial charge in [0.2, 0.25) is 5.17 Å². The van der Waals surface area contributed by atoms with Crippen molar-refractivity contribution in [3.05, 3.63) is 113 Å². The maximum Gasteiger partial charge on any atom is 0.283 e. The highest BCUT2D eigenvalue weighted by atomic mass is 32.2. The second-order valence-corrected chi connectivity index (χ2v) is 9.55. The first-order valence-corrected chi connectivity index (χ1v) is 12.2. The van der Waals surface area contributed by atoms with Gasteiger partial charge in [-0.15, -0.1) is 0 Å². The Morgan fingerprint density at radius 3 is 2.58 bits per heavy atom. The van der Waals surface area contributed by atoms with Gasteiger partial charge < -0.3 is 4.57 Å². The molecule has 2 aliphatic heterocycles. The second kappa shape index (κ2) is 8.73. The highest BCUT2D eigenvalue weighted by Gasteiger charge is 2.36. The number of aromatic nitrogens is 1. The van der Waals surface area contributed by atoms with Crippen LogP contribution < -0.4 is 0 Å². The molecule has 0 saturated heterocycles. The molecule has 1 N–H and O–H groups in total. The summed E-state index contributed by atoms with van der Waals surface area (Å²) in [6, 6.07) is 22.1. The lowest BCUT2D eigenvalue weighted by Crippen LogP contribution is -2.35. The summed E-state index contributed by atoms with van der Waals surface area (Å²) >= 11 is 1.29. The molecule has 0 bridgehead atoms. The number of hydrazone groups is 1. The molecule has 8 heteroatoms. The summed E-state index contributed by atoms with van der Waals surface area (Å²) < 4.78 is 15.4. The number of nitrogens with zero attached hydrogens (tertiary/aromatic N) is 4. The Balaban J connectivity index is 1.37. The smallest absolute Gasteiger partial charge is 0.283 e. The molecule has 3 heterocycles. The van der Waals surface area contributed by atoms with Crippen LogP contribution in [0.5, 0.6) is 0 Å². The number of carbonyl (C=O) groups excluding carboxylic acids is 1. The Morgan fingerprint density at radius 1 is 1.03 bits per heavy atom. The molecular formula is C28H20FN5OS. The topological polar surface area (TPSA) is 73.8 Å². The molecule has 176 valence electrons. The summed E-state index contributed by atoms with van der Waals surface area (Å²) in [5.41, 5.74) is 4.93. The van der Waals surface area contributed by atoms with Gasteiger partial charge >= 0.3 is 0 Å². The van der Waals surface area contributed by atoms with E-state index in [2.05, 4.69) is 14.7 Å². The van der Waals surface area contributed by atoms with Crippen molar-refractivity contribution in [2.45, 2.75) is 13.5 Å². The lowest BCUT2D eigenvalue weighted by molar-refractivity contribution is -0.114. The Morgan fingerprint density at radius 2 is 1.78 bits per heavy atom. The molecule has 6 rings (SSSR count). The summed E-state index contributed by atoms with van der Waals surface area (Å²) in [5, 5.41) is 16.8. The van der Waals surface area contributed by atoms with Crippen molar-refractivity contribution in [1.82, 2.24) is 9.58 Å². The number of aryl methyl sites for hydroxylation is 1. The molecular weight excluding hydrogens is 473 g/mol. The molecule has 0 spiro atoms. The van der Waals surface area contributed by atoms with Gasteiger partial charge in [0.05, 0.1) is 5.57 Å². The van der Waals surface area contributed by atoms with Crippen molar-refractivity contribution in [2.75, 3.05) is 0 Å². The van der Waals surface area contributed by atoms with Gasteiger partial charge in [-0.1, -0.05) is 54.6 Å². The van der Waals surface area contributed by atoms with Crippen molar-refractivity contribution in [1.29, 1.82) is 5.41 Å². The van der Waals surface area contributed by atoms with Gasteiger partial charge in [0.15, 0.2) is 5.84 Å². The van der Waals surface area contributed by atoms with E-state index in [0.717, 1.165) is 33.2 Å². The van der Waals surface area contributed by atoms with Gasteiger partial charge in [-0.05, 0) is 54.1 Å². The zero-order chi connectivity index (χ0) is 24.8. The zero-order valence-corrected chi connectivity index (χ0v) is 20.1. The van der Waals surface area contributed by atoms with Gasteiger partial charge in [-0.25, -0.2) is 4.39 Å². The van der Waals surface area contributed by atoms with Crippen molar-refractivity contribution < 1.29 is 9.18 Å². The van der Waals surface area contributed by atoms with E-state index in [9.17, 15) is 9.18 Å². The van der Waals surface area contributed by atoms with Crippen LogP contribution in [0.2, 0.25) is 0 Å². The first-order valence-electron chi connectivity index (χ1n) is 11.4. The molecule has 6 nitrogen and oxygen atoms in total. The Bertz CT molecular complexity index is 1650. The predicted molar refractivity (Wildman–Crippen MR) is 143 cm³/mol. The number of halogens is 1. The minimum absolute atomic E-state index is 0.00329. The first-order chi connectivity index (χ1) is 17.5. The number of aliphatic imine (C=N–C) groups is 1. The van der Waals surface area contributed by atoms with E-state index in [1.165, 1.54) is 28.9 Å². The fraction of sp³-hybridized carbons (Fsp3) is 0.0714. The van der Waals surface area contributed by atoms with E-state index in [4.69, 9.17) is 5.41 Å². The molecule has 0 aliphatic carbocycles. The second-order valence-electron chi connectivity index (χ2n) is 8.60. The average molecular weight is 494 g/mol. The van der Waals surface area contributed by atoms with Gasteiger partial charge in [0.1, 0.15) is 10.9 Å². The molecule has 0 unspecified atom stereocenters. The number of thioether (sulfide) groups is 1. The van der Waals surface area contributed by atoms with Crippen LogP contribution in [0.1, 0.15) is 22.3 Å². The SMILES string of the molecule is Cc1ccccc1C1=NN2C(=N)/C(=C/c3cn(Cc4ccc(F)cc4)c4ccccc34)C(=O)N=C2S1. The highest BCUT2D eigenvalue weighted by molar-refractivity contribution is 8.27. The minimum atomic E-state index is -0.463. The van der Waals surface area contributed by atoms with E-state index in [0.29, 0.717) is 16.8 Å². The van der Waals surface area contributed by atoms with Crippen LogP contribution in [0.4, 0.5) is 4.39 Å². The van der Waals surface area contributed by atoms with E-state index in [1.807, 2.05) is 61.7 Å². The van der Waals surface area contributed by atoms with Crippen molar-refractivity contribution in [2.24, 2.45) is 10.1 Å². The van der Waals surface area contributed by atoms with Crippen LogP contribution in [0.25, 0.3) is 17.0 Å². The van der Waals surface area contributed by atoms with E-state index < -0.39 is 5.91 Å². The van der Waals surface area contributed by atoms with Crippen LogP contribution >= 0.6 is 11.8 Å². The standard InChI is InChI=1S/C28H20FN5OS/c1-17-6-2-3-7-21(17)27-32-34-25(30)23(26(35)31-28(34)36-27)14-19-16-33(24-9-5-4-8-22(19)24)15-18-10-12-20(29)13-11-18/h2-14,16,30H,15H2,1H3/b23-14-,30-25?. The van der Waals surface area contributed by atoms with E-state index >= 15 is 0 Å². The Labute approximate surface area is 211 Å². The largest absolute Gasteiger partial charge is 0.342 e. The van der Waals surface area contributed by atoms with Crippen LogP contribution in [0.15, 0.2) is 94.7 Å². The van der Waals surface area contributed by atoms with E-state index in [1.54, 1.807) is 18.2 Å². The van der Waals surface area contributed by atoms with Gasteiger partial charge in [0, 0.05) is 34.8 Å². The number of benzene rings is 3. The molecule has 1 aromatic heterocycles. The molecule has 2 aliphatic rings. The fourth-order valence-electron chi connectivity index (χ4n) is 4.38. The third-order valence-corrected chi connectivity index (χ3v) is 7.16. The molecule has 4 aromatic rings. The number of fused-ring (bicyclic) bond motifs is 2. The third kappa shape index (κ3) is 3.85. The van der Waals surface area contributed by atoms with Gasteiger partial charge in [-0.2, -0.15) is 15.1 Å². The number of nitrogens with one attached hydrogen (secondary N) is 1. The maximum atomic E-state index is 13.4. The summed E-state index contributed by atoms with van der Waals surface area (Å²) in [6.07, 6.45) is 3.65. The number of para-hydroxylation sites is 1. The van der Waals surface area contributed by atoms with Crippen molar-refractivity contribution >= 4 is 50.7 Å². The molecule has 36 heavy (non-hydrogen) atoms. The molecule has 0 saturated carbocycles. The molecule has 0 atom stereocenters. The highest BCUT2D eigenvalue weighted by Crippen LogP contribution is 2.33. The molecule has 3 aromatic carbocycles. The summed E-state index contributed by atoms with van der Waals surface area (Å²) in [4.78, 5) is 17.2. The number of amides is 1. The number of hydrogen-bond donors (Lipinski definition) is 1. The van der Waals surface area contributed by atoms with Crippen molar-refractivity contribution in [3.63, 3.8) is 0 Å². The number of hydrogen-bond acceptors (Lipinski definition) is 4. The monoisotopic (exact) mass is 493 g/mol. The van der Waals surface area contributed by atoms with Crippen molar-refractivity contribution in [3.8, 4) is 0 Å². The van der Waals surface area contributed by atoms with Crippen LogP contribution in [0, 0.1) is 18.2 Å². The lowest BCUT2D eigenvalue weighted by Gasteiger charge is -2.20. The van der Waals surface area contributed by atoms with Gasteiger partial charge in [-0.3, -0.25) is 10.2 Å². The first kappa shape index (κ1) is 22.2. The molecule has 0 fully saturated rings. The minimum Gasteiger partial charge on any atom is -0.342 e. The number of carbonyl (C=O) groups is 1. The number of amidine groups is 2.